The Bertz CT molecular complexity index is 1440. The molecule has 37 heavy (non-hydrogen) atoms. The van der Waals surface area contributed by atoms with Gasteiger partial charge in [0.05, 0.1) is 22.8 Å². The number of nitrogens with zero attached hydrogens (tertiary/aromatic N) is 5. The number of amides is 1. The Balaban J connectivity index is 1.59. The first-order valence-corrected chi connectivity index (χ1v) is 13.1. The van der Waals surface area contributed by atoms with Gasteiger partial charge in [-0.2, -0.15) is 0 Å². The molecular weight excluding hydrogens is 538 g/mol. The molecule has 9 nitrogen and oxygen atoms in total. The molecule has 3 aromatic rings. The molecule has 10 heteroatoms. The van der Waals surface area contributed by atoms with Gasteiger partial charge in [0.2, 0.25) is 0 Å². The third-order valence-corrected chi connectivity index (χ3v) is 7.84. The first kappa shape index (κ1) is 25.1. The van der Waals surface area contributed by atoms with Crippen LogP contribution in [0.15, 0.2) is 28.7 Å². The number of ether oxygens (including phenoxy) is 1. The van der Waals surface area contributed by atoms with Crippen molar-refractivity contribution in [2.75, 3.05) is 22.9 Å². The number of halogens is 1. The first-order valence-electron chi connectivity index (χ1n) is 12.3. The predicted octanol–water partition coefficient (Wildman–Crippen LogP) is 4.57. The van der Waals surface area contributed by atoms with E-state index in [-0.39, 0.29) is 12.0 Å². The molecule has 1 aromatic carbocycles. The van der Waals surface area contributed by atoms with Gasteiger partial charge in [-0.1, -0.05) is 21.9 Å². The topological polar surface area (TPSA) is 101 Å². The fraction of sp³-hybridized carbons (Fsp3) is 0.407. The van der Waals surface area contributed by atoms with E-state index in [2.05, 4.69) is 43.8 Å². The number of carboxylic acid groups (broad SMARTS) is 1. The number of hydrogen-bond donors (Lipinski definition) is 1. The summed E-state index contributed by atoms with van der Waals surface area (Å²) in [6, 6.07) is 7.69. The van der Waals surface area contributed by atoms with E-state index in [1.54, 1.807) is 29.6 Å². The van der Waals surface area contributed by atoms with Gasteiger partial charge in [-0.25, -0.2) is 4.98 Å². The van der Waals surface area contributed by atoms with Crippen molar-refractivity contribution in [1.82, 2.24) is 14.8 Å². The van der Waals surface area contributed by atoms with Crippen LogP contribution in [0.25, 0.3) is 11.0 Å². The number of anilines is 3. The van der Waals surface area contributed by atoms with E-state index in [0.29, 0.717) is 30.1 Å². The molecule has 0 atom stereocenters. The van der Waals surface area contributed by atoms with Crippen LogP contribution in [-0.4, -0.2) is 50.9 Å². The SMILES string of the molecule is CC#CC(=O)N(c1ccc2c(n1)c(OC1CC(C(=O)O)C1)nn2C)c1cc(C)c(Br)cc1N1CCCC1. The number of fused-ring (bicyclic) bond motifs is 1. The van der Waals surface area contributed by atoms with Crippen LogP contribution < -0.4 is 14.5 Å². The predicted molar refractivity (Wildman–Crippen MR) is 144 cm³/mol. The summed E-state index contributed by atoms with van der Waals surface area (Å²) in [5.74, 6) is 4.57. The second kappa shape index (κ2) is 10.1. The molecular formula is C27H28BrN5O4. The number of benzene rings is 1. The largest absolute Gasteiger partial charge is 0.481 e. The van der Waals surface area contributed by atoms with Crippen LogP contribution in [0.3, 0.4) is 0 Å². The van der Waals surface area contributed by atoms with E-state index in [1.807, 2.05) is 19.1 Å². The highest BCUT2D eigenvalue weighted by molar-refractivity contribution is 9.10. The van der Waals surface area contributed by atoms with Crippen molar-refractivity contribution < 1.29 is 19.4 Å². The van der Waals surface area contributed by atoms with Crippen LogP contribution >= 0.6 is 15.9 Å². The monoisotopic (exact) mass is 565 g/mol. The van der Waals surface area contributed by atoms with E-state index in [1.165, 1.54) is 0 Å². The third-order valence-electron chi connectivity index (χ3n) is 6.98. The fourth-order valence-corrected chi connectivity index (χ4v) is 5.20. The highest BCUT2D eigenvalue weighted by atomic mass is 79.9. The van der Waals surface area contributed by atoms with Crippen LogP contribution in [-0.2, 0) is 16.6 Å². The van der Waals surface area contributed by atoms with Gasteiger partial charge in [0.1, 0.15) is 11.9 Å². The van der Waals surface area contributed by atoms with Crippen molar-refractivity contribution in [3.63, 3.8) is 0 Å². The number of hydrogen-bond acceptors (Lipinski definition) is 6. The van der Waals surface area contributed by atoms with Crippen molar-refractivity contribution in [3.05, 3.63) is 34.3 Å². The van der Waals surface area contributed by atoms with Gasteiger partial charge < -0.3 is 14.7 Å². The van der Waals surface area contributed by atoms with Crippen LogP contribution in [0.5, 0.6) is 5.88 Å². The molecule has 0 radical (unpaired) electrons. The van der Waals surface area contributed by atoms with E-state index < -0.39 is 11.9 Å². The molecule has 2 aromatic heterocycles. The second-order valence-electron chi connectivity index (χ2n) is 9.51. The molecule has 2 fully saturated rings. The van der Waals surface area contributed by atoms with Gasteiger partial charge in [-0.05, 0) is 75.3 Å². The highest BCUT2D eigenvalue weighted by Gasteiger charge is 2.37. The lowest BCUT2D eigenvalue weighted by Gasteiger charge is -2.31. The number of carbonyl (C=O) groups excluding carboxylic acids is 1. The number of pyridine rings is 1. The number of carbonyl (C=O) groups is 2. The number of rotatable bonds is 6. The lowest BCUT2D eigenvalue weighted by Crippen LogP contribution is -2.38. The maximum Gasteiger partial charge on any atom is 0.308 e. The summed E-state index contributed by atoms with van der Waals surface area (Å²) in [6.07, 6.45) is 2.82. The Labute approximate surface area is 223 Å². The minimum Gasteiger partial charge on any atom is -0.481 e. The number of aryl methyl sites for hydroxylation is 2. The minimum absolute atomic E-state index is 0.232. The van der Waals surface area contributed by atoms with Crippen LogP contribution in [0.1, 0.15) is 38.2 Å². The standard InChI is InChI=1S/C27H28BrN5O4/c1-4-7-24(34)33(22-12-16(2)19(28)15-21(22)32-10-5-6-11-32)23-9-8-20-25(29-23)26(30-31(20)3)37-18-13-17(14-18)27(35)36/h8-9,12,15,17-18H,5-6,10-11,13-14H2,1-3H3,(H,35,36). The van der Waals surface area contributed by atoms with Crippen molar-refractivity contribution in [2.45, 2.75) is 45.6 Å². The smallest absolute Gasteiger partial charge is 0.308 e. The van der Waals surface area contributed by atoms with Crippen molar-refractivity contribution in [1.29, 1.82) is 0 Å². The number of carboxylic acids is 1. The molecule has 0 bridgehead atoms. The maximum atomic E-state index is 13.4. The van der Waals surface area contributed by atoms with Crippen molar-refractivity contribution >= 4 is 56.0 Å². The normalized spacial score (nSPS) is 18.8. The van der Waals surface area contributed by atoms with Crippen LogP contribution in [0, 0.1) is 24.7 Å². The van der Waals surface area contributed by atoms with Crippen molar-refractivity contribution in [3.8, 4) is 17.7 Å². The molecule has 3 heterocycles. The molecule has 0 spiro atoms. The van der Waals surface area contributed by atoms with Gasteiger partial charge in [-0.15, -0.1) is 5.10 Å². The molecule has 1 saturated carbocycles. The average molecular weight is 566 g/mol. The molecule has 1 aliphatic heterocycles. The molecule has 1 aliphatic carbocycles. The fourth-order valence-electron chi connectivity index (χ4n) is 4.87. The molecule has 2 aliphatic rings. The second-order valence-corrected chi connectivity index (χ2v) is 10.4. The zero-order valence-corrected chi connectivity index (χ0v) is 22.6. The zero-order chi connectivity index (χ0) is 26.3. The first-order chi connectivity index (χ1) is 17.8. The summed E-state index contributed by atoms with van der Waals surface area (Å²) >= 11 is 3.66. The lowest BCUT2D eigenvalue weighted by atomic mass is 9.82. The Morgan fingerprint density at radius 3 is 2.62 bits per heavy atom. The number of aromatic nitrogens is 3. The molecule has 1 saturated heterocycles. The zero-order valence-electron chi connectivity index (χ0n) is 21.0. The maximum absolute atomic E-state index is 13.4. The van der Waals surface area contributed by atoms with Gasteiger partial charge >= 0.3 is 11.9 Å². The Morgan fingerprint density at radius 1 is 1.22 bits per heavy atom. The molecule has 1 N–H and O–H groups in total. The lowest BCUT2D eigenvalue weighted by molar-refractivity contribution is -0.148. The molecule has 192 valence electrons. The van der Waals surface area contributed by atoms with Gasteiger partial charge in [0.15, 0.2) is 5.52 Å². The van der Waals surface area contributed by atoms with Crippen LogP contribution in [0.2, 0.25) is 0 Å². The Kier molecular flexibility index (Phi) is 6.82. The highest BCUT2D eigenvalue weighted by Crippen LogP contribution is 2.40. The quantitative estimate of drug-likeness (QED) is 0.437. The summed E-state index contributed by atoms with van der Waals surface area (Å²) in [5.41, 5.74) is 3.91. The Hall–Kier alpha value is -3.58. The van der Waals surface area contributed by atoms with Gasteiger partial charge in [-0.3, -0.25) is 19.2 Å². The average Bonchev–Trinajstić information content (AvgIpc) is 3.47. The van der Waals surface area contributed by atoms with E-state index >= 15 is 0 Å². The summed E-state index contributed by atoms with van der Waals surface area (Å²) in [7, 11) is 1.80. The van der Waals surface area contributed by atoms with Gasteiger partial charge in [0.25, 0.3) is 5.88 Å². The van der Waals surface area contributed by atoms with Crippen LogP contribution in [0.4, 0.5) is 17.2 Å². The van der Waals surface area contributed by atoms with Gasteiger partial charge in [0, 0.05) is 24.6 Å². The third kappa shape index (κ3) is 4.76. The Morgan fingerprint density at radius 2 is 1.95 bits per heavy atom. The van der Waals surface area contributed by atoms with E-state index in [9.17, 15) is 14.7 Å². The summed E-state index contributed by atoms with van der Waals surface area (Å²) in [5, 5.41) is 13.7. The molecule has 0 unspecified atom stereocenters. The van der Waals surface area contributed by atoms with E-state index in [4.69, 9.17) is 9.72 Å². The van der Waals surface area contributed by atoms with Crippen molar-refractivity contribution in [2.24, 2.45) is 13.0 Å². The minimum atomic E-state index is -0.809. The number of aliphatic carboxylic acids is 1. The summed E-state index contributed by atoms with van der Waals surface area (Å²) in [4.78, 5) is 33.3. The molecule has 5 rings (SSSR count). The summed E-state index contributed by atoms with van der Waals surface area (Å²) < 4.78 is 8.69. The van der Waals surface area contributed by atoms with E-state index in [0.717, 1.165) is 52.9 Å². The summed E-state index contributed by atoms with van der Waals surface area (Å²) in [6.45, 7) is 5.45. The molecule has 1 amide bonds.